The lowest BCUT2D eigenvalue weighted by Crippen LogP contribution is -2.25. The van der Waals surface area contributed by atoms with E-state index in [2.05, 4.69) is 10.0 Å². The van der Waals surface area contributed by atoms with Crippen molar-refractivity contribution in [3.05, 3.63) is 18.0 Å². The molecule has 0 saturated carbocycles. The maximum atomic E-state index is 12.0. The average molecular weight is 277 g/mol. The highest BCUT2D eigenvalue weighted by atomic mass is 32.2. The molecule has 104 valence electrons. The number of aromatic nitrogens is 1. The molecule has 0 fully saturated rings. The third-order valence-electron chi connectivity index (χ3n) is 2.52. The molecule has 0 aliphatic carbocycles. The van der Waals surface area contributed by atoms with Gasteiger partial charge in [0.2, 0.25) is 10.0 Å². The van der Waals surface area contributed by atoms with Crippen molar-refractivity contribution in [3.8, 4) is 0 Å². The Morgan fingerprint density at radius 2 is 2.11 bits per heavy atom. The number of nitrogens with one attached hydrogen (secondary N) is 2. The second kappa shape index (κ2) is 6.31. The van der Waals surface area contributed by atoms with Gasteiger partial charge in [0, 0.05) is 31.0 Å². The Hall–Kier alpha value is -0.920. The van der Waals surface area contributed by atoms with Gasteiger partial charge in [-0.05, 0) is 27.0 Å². The first-order chi connectivity index (χ1) is 8.42. The smallest absolute Gasteiger partial charge is 0.242 e. The van der Waals surface area contributed by atoms with E-state index in [1.54, 1.807) is 19.3 Å². The highest BCUT2D eigenvalue weighted by Gasteiger charge is 2.18. The van der Waals surface area contributed by atoms with Gasteiger partial charge in [0.1, 0.15) is 6.67 Å². The third-order valence-corrected chi connectivity index (χ3v) is 3.95. The SMILES string of the molecule is CNCc1cc(S(=O)(=O)NCCF)cn1C(C)C. The zero-order valence-corrected chi connectivity index (χ0v) is 11.7. The quantitative estimate of drug-likeness (QED) is 0.782. The Kier molecular flexibility index (Phi) is 5.30. The monoisotopic (exact) mass is 277 g/mol. The van der Waals surface area contributed by atoms with Gasteiger partial charge in [-0.2, -0.15) is 0 Å². The molecule has 1 aromatic heterocycles. The maximum absolute atomic E-state index is 12.0. The molecule has 7 heteroatoms. The molecule has 0 atom stereocenters. The third kappa shape index (κ3) is 3.54. The summed E-state index contributed by atoms with van der Waals surface area (Å²) < 4.78 is 39.9. The minimum Gasteiger partial charge on any atom is -0.346 e. The van der Waals surface area contributed by atoms with Gasteiger partial charge in [-0.15, -0.1) is 0 Å². The van der Waals surface area contributed by atoms with Crippen molar-refractivity contribution in [3.63, 3.8) is 0 Å². The van der Waals surface area contributed by atoms with Gasteiger partial charge >= 0.3 is 0 Å². The number of hydrogen-bond donors (Lipinski definition) is 2. The fourth-order valence-corrected chi connectivity index (χ4v) is 2.76. The van der Waals surface area contributed by atoms with Crippen LogP contribution in [-0.2, 0) is 16.6 Å². The predicted octanol–water partition coefficient (Wildman–Crippen LogP) is 1.04. The van der Waals surface area contributed by atoms with Crippen LogP contribution >= 0.6 is 0 Å². The molecule has 1 rings (SSSR count). The summed E-state index contributed by atoms with van der Waals surface area (Å²) in [6.07, 6.45) is 1.58. The zero-order chi connectivity index (χ0) is 13.8. The first-order valence-electron chi connectivity index (χ1n) is 5.83. The summed E-state index contributed by atoms with van der Waals surface area (Å²) in [5.41, 5.74) is 0.883. The Morgan fingerprint density at radius 1 is 1.44 bits per heavy atom. The Morgan fingerprint density at radius 3 is 2.61 bits per heavy atom. The van der Waals surface area contributed by atoms with Gasteiger partial charge in [-0.3, -0.25) is 0 Å². The minimum atomic E-state index is -3.61. The standard InChI is InChI=1S/C11H20FN3O2S/c1-9(2)15-8-11(6-10(15)7-13-3)18(16,17)14-5-4-12/h6,8-9,13-14H,4-5,7H2,1-3H3. The number of alkyl halides is 1. The van der Waals surface area contributed by atoms with Crippen LogP contribution < -0.4 is 10.0 Å². The summed E-state index contributed by atoms with van der Waals surface area (Å²) in [4.78, 5) is 0.176. The van der Waals surface area contributed by atoms with Crippen LogP contribution in [0.5, 0.6) is 0 Å². The van der Waals surface area contributed by atoms with E-state index < -0.39 is 16.7 Å². The van der Waals surface area contributed by atoms with E-state index in [9.17, 15) is 12.8 Å². The normalized spacial score (nSPS) is 12.3. The lowest BCUT2D eigenvalue weighted by atomic mass is 10.3. The lowest BCUT2D eigenvalue weighted by molar-refractivity contribution is 0.486. The zero-order valence-electron chi connectivity index (χ0n) is 10.9. The van der Waals surface area contributed by atoms with Crippen LogP contribution in [-0.4, -0.2) is 33.3 Å². The number of halogens is 1. The molecule has 2 N–H and O–H groups in total. The molecule has 0 bridgehead atoms. The van der Waals surface area contributed by atoms with E-state index in [0.717, 1.165) is 5.69 Å². The molecule has 5 nitrogen and oxygen atoms in total. The van der Waals surface area contributed by atoms with Crippen LogP contribution in [0.15, 0.2) is 17.2 Å². The lowest BCUT2D eigenvalue weighted by Gasteiger charge is -2.11. The number of sulfonamides is 1. The Balaban J connectivity index is 3.07. The van der Waals surface area contributed by atoms with Crippen molar-refractivity contribution in [2.45, 2.75) is 31.3 Å². The highest BCUT2D eigenvalue weighted by Crippen LogP contribution is 2.18. The molecule has 1 aromatic rings. The topological polar surface area (TPSA) is 63.1 Å². The minimum absolute atomic E-state index is 0.165. The van der Waals surface area contributed by atoms with Crippen molar-refractivity contribution in [2.24, 2.45) is 0 Å². The van der Waals surface area contributed by atoms with Crippen LogP contribution in [0.4, 0.5) is 4.39 Å². The molecule has 0 saturated heterocycles. The van der Waals surface area contributed by atoms with Gasteiger partial charge in [0.05, 0.1) is 4.90 Å². The summed E-state index contributed by atoms with van der Waals surface area (Å²) >= 11 is 0. The molecular weight excluding hydrogens is 257 g/mol. The number of rotatable bonds is 7. The van der Waals surface area contributed by atoms with Gasteiger partial charge < -0.3 is 9.88 Å². The van der Waals surface area contributed by atoms with Crippen LogP contribution in [0.3, 0.4) is 0 Å². The first-order valence-corrected chi connectivity index (χ1v) is 7.31. The molecule has 0 aliphatic heterocycles. The van der Waals surface area contributed by atoms with Crippen LogP contribution in [0.1, 0.15) is 25.6 Å². The van der Waals surface area contributed by atoms with Gasteiger partial charge in [0.25, 0.3) is 0 Å². The molecule has 1 heterocycles. The van der Waals surface area contributed by atoms with E-state index in [1.807, 2.05) is 18.4 Å². The largest absolute Gasteiger partial charge is 0.346 e. The second-order valence-electron chi connectivity index (χ2n) is 4.29. The summed E-state index contributed by atoms with van der Waals surface area (Å²) in [7, 11) is -1.82. The first kappa shape index (κ1) is 15.1. The highest BCUT2D eigenvalue weighted by molar-refractivity contribution is 7.89. The molecule has 0 aliphatic rings. The second-order valence-corrected chi connectivity index (χ2v) is 6.05. The number of nitrogens with zero attached hydrogens (tertiary/aromatic N) is 1. The Labute approximate surface area is 107 Å². The summed E-state index contributed by atoms with van der Waals surface area (Å²) in [6, 6.07) is 1.77. The molecule has 0 amide bonds. The van der Waals surface area contributed by atoms with Crippen LogP contribution in [0, 0.1) is 0 Å². The van der Waals surface area contributed by atoms with Crippen LogP contribution in [0.25, 0.3) is 0 Å². The Bertz CT molecular complexity index is 482. The predicted molar refractivity (Wildman–Crippen MR) is 68.7 cm³/mol. The van der Waals surface area contributed by atoms with E-state index in [0.29, 0.717) is 6.54 Å². The van der Waals surface area contributed by atoms with E-state index in [1.165, 1.54) is 0 Å². The average Bonchev–Trinajstić information content (AvgIpc) is 2.72. The summed E-state index contributed by atoms with van der Waals surface area (Å²) in [6.45, 7) is 3.62. The molecule has 0 radical (unpaired) electrons. The van der Waals surface area contributed by atoms with E-state index in [4.69, 9.17) is 0 Å². The molecule has 0 aromatic carbocycles. The molecule has 0 unspecified atom stereocenters. The van der Waals surface area contributed by atoms with Crippen molar-refractivity contribution >= 4 is 10.0 Å². The molecule has 18 heavy (non-hydrogen) atoms. The molecular formula is C11H20FN3O2S. The fourth-order valence-electron chi connectivity index (χ4n) is 1.70. The van der Waals surface area contributed by atoms with Crippen molar-refractivity contribution in [1.29, 1.82) is 0 Å². The van der Waals surface area contributed by atoms with E-state index >= 15 is 0 Å². The van der Waals surface area contributed by atoms with E-state index in [-0.39, 0.29) is 17.5 Å². The maximum Gasteiger partial charge on any atom is 0.242 e. The van der Waals surface area contributed by atoms with Crippen LogP contribution in [0.2, 0.25) is 0 Å². The summed E-state index contributed by atoms with van der Waals surface area (Å²) in [5, 5.41) is 2.99. The van der Waals surface area contributed by atoms with Gasteiger partial charge in [-0.1, -0.05) is 0 Å². The fraction of sp³-hybridized carbons (Fsp3) is 0.636. The van der Waals surface area contributed by atoms with Gasteiger partial charge in [-0.25, -0.2) is 17.5 Å². The van der Waals surface area contributed by atoms with Gasteiger partial charge in [0.15, 0.2) is 0 Å². The number of hydrogen-bond acceptors (Lipinski definition) is 3. The van der Waals surface area contributed by atoms with Crippen molar-refractivity contribution in [1.82, 2.24) is 14.6 Å². The van der Waals surface area contributed by atoms with Crippen molar-refractivity contribution in [2.75, 3.05) is 20.3 Å². The summed E-state index contributed by atoms with van der Waals surface area (Å²) in [5.74, 6) is 0. The molecule has 0 spiro atoms. The van der Waals surface area contributed by atoms with Crippen molar-refractivity contribution < 1.29 is 12.8 Å².